The van der Waals surface area contributed by atoms with Crippen LogP contribution in [0.4, 0.5) is 0 Å². The lowest BCUT2D eigenvalue weighted by atomic mass is 10.00. The molecule has 3 nitrogen and oxygen atoms in total. The number of benzene rings is 1. The Bertz CT molecular complexity index is 575. The van der Waals surface area contributed by atoms with Gasteiger partial charge in [0.25, 0.3) is 0 Å². The highest BCUT2D eigenvalue weighted by atomic mass is 32.2. The Labute approximate surface area is 124 Å². The summed E-state index contributed by atoms with van der Waals surface area (Å²) in [5.74, 6) is 2.48. The monoisotopic (exact) mass is 287 g/mol. The Hall–Kier alpha value is -1.10. The Morgan fingerprint density at radius 1 is 1.40 bits per heavy atom. The third kappa shape index (κ3) is 2.55. The van der Waals surface area contributed by atoms with Gasteiger partial charge in [0.2, 0.25) is 0 Å². The SMILES string of the molecule is CN(C1CCSC1)C(CN)c1cccc2cccnc12. The van der Waals surface area contributed by atoms with E-state index in [9.17, 15) is 0 Å². The van der Waals surface area contributed by atoms with Crippen molar-refractivity contribution in [1.82, 2.24) is 9.88 Å². The van der Waals surface area contributed by atoms with Gasteiger partial charge in [-0.1, -0.05) is 24.3 Å². The van der Waals surface area contributed by atoms with Gasteiger partial charge in [-0.05, 0) is 30.9 Å². The number of aromatic nitrogens is 1. The fourth-order valence-electron chi connectivity index (χ4n) is 3.01. The molecule has 0 bridgehead atoms. The molecule has 1 aromatic heterocycles. The Morgan fingerprint density at radius 2 is 2.25 bits per heavy atom. The number of fused-ring (bicyclic) bond motifs is 1. The molecule has 1 aliphatic rings. The average Bonchev–Trinajstić information content (AvgIpc) is 3.02. The van der Waals surface area contributed by atoms with Gasteiger partial charge in [0.1, 0.15) is 0 Å². The molecule has 2 heterocycles. The molecule has 20 heavy (non-hydrogen) atoms. The maximum atomic E-state index is 6.09. The van der Waals surface area contributed by atoms with Crippen molar-refractivity contribution in [3.63, 3.8) is 0 Å². The minimum absolute atomic E-state index is 0.248. The summed E-state index contributed by atoms with van der Waals surface area (Å²) in [6.07, 6.45) is 3.13. The predicted molar refractivity (Wildman–Crippen MR) is 87.0 cm³/mol. The van der Waals surface area contributed by atoms with Crippen LogP contribution in [0, 0.1) is 0 Å². The zero-order chi connectivity index (χ0) is 13.9. The fourth-order valence-corrected chi connectivity index (χ4v) is 4.29. The molecule has 1 aromatic carbocycles. The first-order valence-corrected chi connectivity index (χ1v) is 8.30. The molecular weight excluding hydrogens is 266 g/mol. The number of thioether (sulfide) groups is 1. The topological polar surface area (TPSA) is 42.1 Å². The third-order valence-corrected chi connectivity index (χ3v) is 5.36. The number of likely N-dealkylation sites (N-methyl/N-ethyl adjacent to an activating group) is 1. The van der Waals surface area contributed by atoms with E-state index in [0.717, 1.165) is 5.52 Å². The molecule has 0 saturated carbocycles. The fraction of sp³-hybridized carbons (Fsp3) is 0.438. The van der Waals surface area contributed by atoms with Crippen molar-refractivity contribution >= 4 is 22.7 Å². The first-order valence-electron chi connectivity index (χ1n) is 7.14. The van der Waals surface area contributed by atoms with Crippen molar-refractivity contribution in [2.24, 2.45) is 5.73 Å². The highest BCUT2D eigenvalue weighted by Crippen LogP contribution is 2.31. The van der Waals surface area contributed by atoms with Crippen LogP contribution in [0.3, 0.4) is 0 Å². The van der Waals surface area contributed by atoms with Crippen molar-refractivity contribution in [3.8, 4) is 0 Å². The van der Waals surface area contributed by atoms with E-state index in [4.69, 9.17) is 5.73 Å². The van der Waals surface area contributed by atoms with E-state index in [2.05, 4.69) is 41.2 Å². The Morgan fingerprint density at radius 3 is 3.00 bits per heavy atom. The van der Waals surface area contributed by atoms with E-state index >= 15 is 0 Å². The van der Waals surface area contributed by atoms with E-state index in [1.54, 1.807) is 0 Å². The molecule has 2 unspecified atom stereocenters. The molecule has 106 valence electrons. The maximum Gasteiger partial charge on any atom is 0.0750 e. The van der Waals surface area contributed by atoms with Crippen LogP contribution in [0.15, 0.2) is 36.5 Å². The molecule has 0 spiro atoms. The molecule has 2 N–H and O–H groups in total. The average molecular weight is 287 g/mol. The van der Waals surface area contributed by atoms with Gasteiger partial charge in [-0.3, -0.25) is 9.88 Å². The molecule has 2 aromatic rings. The number of hydrogen-bond acceptors (Lipinski definition) is 4. The molecule has 3 rings (SSSR count). The highest BCUT2D eigenvalue weighted by Gasteiger charge is 2.27. The first kappa shape index (κ1) is 13.9. The second-order valence-corrected chi connectivity index (χ2v) is 6.51. The maximum absolute atomic E-state index is 6.09. The van der Waals surface area contributed by atoms with Crippen LogP contribution in [-0.2, 0) is 0 Å². The number of pyridine rings is 1. The summed E-state index contributed by atoms with van der Waals surface area (Å²) < 4.78 is 0. The molecule has 2 atom stereocenters. The molecular formula is C16H21N3S. The smallest absolute Gasteiger partial charge is 0.0750 e. The van der Waals surface area contributed by atoms with Crippen LogP contribution in [0.5, 0.6) is 0 Å². The molecule has 1 aliphatic heterocycles. The Kier molecular flexibility index (Phi) is 4.24. The van der Waals surface area contributed by atoms with Crippen LogP contribution in [0.25, 0.3) is 10.9 Å². The summed E-state index contributed by atoms with van der Waals surface area (Å²) in [6, 6.07) is 11.4. The van der Waals surface area contributed by atoms with Crippen molar-refractivity contribution in [1.29, 1.82) is 0 Å². The lowest BCUT2D eigenvalue weighted by molar-refractivity contribution is 0.194. The second kappa shape index (κ2) is 6.12. The van der Waals surface area contributed by atoms with E-state index in [1.807, 2.05) is 24.0 Å². The van der Waals surface area contributed by atoms with E-state index in [0.29, 0.717) is 12.6 Å². The van der Waals surface area contributed by atoms with Gasteiger partial charge < -0.3 is 5.73 Å². The third-order valence-electron chi connectivity index (χ3n) is 4.22. The lowest BCUT2D eigenvalue weighted by Crippen LogP contribution is -2.38. The molecule has 1 saturated heterocycles. The summed E-state index contributed by atoms with van der Waals surface area (Å²) >= 11 is 2.04. The van der Waals surface area contributed by atoms with Gasteiger partial charge in [0, 0.05) is 36.0 Å². The van der Waals surface area contributed by atoms with Crippen molar-refractivity contribution < 1.29 is 0 Å². The number of hydrogen-bond donors (Lipinski definition) is 1. The molecule has 0 radical (unpaired) electrons. The van der Waals surface area contributed by atoms with Crippen molar-refractivity contribution in [2.45, 2.75) is 18.5 Å². The lowest BCUT2D eigenvalue weighted by Gasteiger charge is -2.32. The number of rotatable bonds is 4. The van der Waals surface area contributed by atoms with Gasteiger partial charge in [-0.15, -0.1) is 0 Å². The first-order chi connectivity index (χ1) is 9.81. The number of nitrogens with zero attached hydrogens (tertiary/aromatic N) is 2. The van der Waals surface area contributed by atoms with Gasteiger partial charge in [0.15, 0.2) is 0 Å². The molecule has 0 aliphatic carbocycles. The van der Waals surface area contributed by atoms with Crippen LogP contribution >= 0.6 is 11.8 Å². The molecule has 1 fully saturated rings. The summed E-state index contributed by atoms with van der Waals surface area (Å²) in [5.41, 5.74) is 8.43. The predicted octanol–water partition coefficient (Wildman–Crippen LogP) is 2.67. The minimum Gasteiger partial charge on any atom is -0.329 e. The Balaban J connectivity index is 1.98. The highest BCUT2D eigenvalue weighted by molar-refractivity contribution is 7.99. The van der Waals surface area contributed by atoms with Gasteiger partial charge >= 0.3 is 0 Å². The summed E-state index contributed by atoms with van der Waals surface area (Å²) in [7, 11) is 2.20. The van der Waals surface area contributed by atoms with E-state index in [1.165, 1.54) is 28.9 Å². The zero-order valence-electron chi connectivity index (χ0n) is 11.8. The quantitative estimate of drug-likeness (QED) is 0.939. The molecule has 0 amide bonds. The summed E-state index contributed by atoms with van der Waals surface area (Å²) in [4.78, 5) is 7.02. The van der Waals surface area contributed by atoms with Crippen molar-refractivity contribution in [2.75, 3.05) is 25.1 Å². The zero-order valence-corrected chi connectivity index (χ0v) is 12.6. The van der Waals surface area contributed by atoms with Gasteiger partial charge in [-0.2, -0.15) is 11.8 Å². The standard InChI is InChI=1S/C16H21N3S/c1-19(13-7-9-20-11-13)15(10-17)14-6-2-4-12-5-3-8-18-16(12)14/h2-6,8,13,15H,7,9-11,17H2,1H3. The summed E-state index contributed by atoms with van der Waals surface area (Å²) in [6.45, 7) is 0.632. The van der Waals surface area contributed by atoms with E-state index < -0.39 is 0 Å². The number of nitrogens with two attached hydrogens (primary N) is 1. The summed E-state index contributed by atoms with van der Waals surface area (Å²) in [5, 5.41) is 1.19. The van der Waals surface area contributed by atoms with Crippen molar-refractivity contribution in [3.05, 3.63) is 42.1 Å². The van der Waals surface area contributed by atoms with Crippen LogP contribution in [0.1, 0.15) is 18.0 Å². The largest absolute Gasteiger partial charge is 0.329 e. The normalized spacial score (nSPS) is 20.6. The molecule has 4 heteroatoms. The van der Waals surface area contributed by atoms with Gasteiger partial charge in [0.05, 0.1) is 5.52 Å². The number of para-hydroxylation sites is 1. The minimum atomic E-state index is 0.248. The van der Waals surface area contributed by atoms with Crippen LogP contribution < -0.4 is 5.73 Å². The van der Waals surface area contributed by atoms with Crippen LogP contribution in [-0.4, -0.2) is 41.0 Å². The van der Waals surface area contributed by atoms with E-state index in [-0.39, 0.29) is 6.04 Å². The van der Waals surface area contributed by atoms with Crippen LogP contribution in [0.2, 0.25) is 0 Å². The second-order valence-electron chi connectivity index (χ2n) is 5.36. The van der Waals surface area contributed by atoms with Gasteiger partial charge in [-0.25, -0.2) is 0 Å².